The van der Waals surface area contributed by atoms with Crippen molar-refractivity contribution in [3.63, 3.8) is 0 Å². The molecule has 0 aliphatic heterocycles. The molecule has 13 heteroatoms. The largest absolute Gasteiger partial charge is 0.388 e. The minimum atomic E-state index is -3.42. The second-order valence-corrected chi connectivity index (χ2v) is 13.4. The van der Waals surface area contributed by atoms with Crippen LogP contribution in [0.5, 0.6) is 0 Å². The van der Waals surface area contributed by atoms with Gasteiger partial charge >= 0.3 is 0 Å². The number of nitrogens with one attached hydrogen (secondary N) is 1. The Balaban J connectivity index is -0.000000179. The maximum Gasteiger partial charge on any atom is 0.242 e. The van der Waals surface area contributed by atoms with Gasteiger partial charge in [-0.2, -0.15) is 0 Å². The maximum atomic E-state index is 11.9. The number of hydrogen-bond donors (Lipinski definition) is 1. The van der Waals surface area contributed by atoms with Crippen molar-refractivity contribution >= 4 is 54.2 Å². The van der Waals surface area contributed by atoms with Gasteiger partial charge in [0, 0.05) is 69.4 Å². The van der Waals surface area contributed by atoms with Crippen LogP contribution in [-0.2, 0) is 29.6 Å². The summed E-state index contributed by atoms with van der Waals surface area (Å²) in [5, 5.41) is 2.69. The number of carbonyl (C=O) groups excluding carboxylic acids is 2. The van der Waals surface area contributed by atoms with Crippen molar-refractivity contribution in [3.05, 3.63) is 48.5 Å². The molecule has 2 aromatic rings. The lowest BCUT2D eigenvalue weighted by Gasteiger charge is -2.18. The van der Waals surface area contributed by atoms with E-state index in [1.165, 1.54) is 49.5 Å². The van der Waals surface area contributed by atoms with E-state index in [1.54, 1.807) is 50.5 Å². The molecule has 41 heavy (non-hydrogen) atoms. The van der Waals surface area contributed by atoms with Gasteiger partial charge in [-0.25, -0.2) is 25.4 Å². The molecule has 10 nitrogen and oxygen atoms in total. The van der Waals surface area contributed by atoms with Crippen LogP contribution in [0, 0.1) is 0 Å². The van der Waals surface area contributed by atoms with E-state index in [0.717, 1.165) is 22.8 Å². The number of rotatable bonds is 10. The van der Waals surface area contributed by atoms with E-state index in [4.69, 9.17) is 11.6 Å². The molecular weight excluding hydrogens is 588 g/mol. The number of nitrogens with zero attached hydrogens (tertiary/aromatic N) is 3. The third-order valence-electron chi connectivity index (χ3n) is 5.21. The topological polar surface area (TPSA) is 124 Å². The van der Waals surface area contributed by atoms with E-state index in [-0.39, 0.29) is 33.8 Å². The van der Waals surface area contributed by atoms with Crippen molar-refractivity contribution in [1.29, 1.82) is 0 Å². The summed E-state index contributed by atoms with van der Waals surface area (Å²) in [5.74, 6) is 0.0192. The second-order valence-electron chi connectivity index (χ2n) is 8.65. The summed E-state index contributed by atoms with van der Waals surface area (Å²) in [7, 11) is 2.76. The number of carbonyl (C=O) groups is 2. The Bertz CT molecular complexity index is 1260. The first kappa shape index (κ1) is 43.0. The van der Waals surface area contributed by atoms with Crippen molar-refractivity contribution in [3.8, 4) is 0 Å². The van der Waals surface area contributed by atoms with Crippen molar-refractivity contribution in [2.24, 2.45) is 0 Å². The average molecular weight is 645 g/mol. The first-order chi connectivity index (χ1) is 18.1. The minimum Gasteiger partial charge on any atom is -0.388 e. The van der Waals surface area contributed by atoms with Crippen LogP contribution in [0.3, 0.4) is 0 Å². The van der Waals surface area contributed by atoms with E-state index in [9.17, 15) is 26.4 Å². The fourth-order valence-corrected chi connectivity index (χ4v) is 4.77. The normalized spacial score (nSPS) is 10.6. The molecule has 2 rings (SSSR count). The molecule has 0 saturated heterocycles. The third-order valence-corrected chi connectivity index (χ3v) is 9.06. The molecule has 0 spiro atoms. The number of anilines is 2. The van der Waals surface area contributed by atoms with Gasteiger partial charge in [0.25, 0.3) is 0 Å². The standard InChI is InChI=1S/C13H20N2O3S.C9H14N2O2S.C4H7ClO.2CH4.2H2/c1-5-6-13(16)15(4)11-7-9-12(10-8-11)19(17,18)14(2)3;1-10-8-4-6-9(7-5-8)14(12,13)11(2)3;1-2-3-4(5)6;;;;/h7-10H,5-6H2,1-4H3;4-7,10H,1-3H3;2-3H2,1H3;2*1H4;2*1H/i;;;;;2*1+2. The predicted molar refractivity (Wildman–Crippen MR) is 176 cm³/mol. The number of amides is 1. The Morgan fingerprint density at radius 2 is 1.10 bits per heavy atom. The zero-order valence-corrected chi connectivity index (χ0v) is 26.3. The molecule has 1 amide bonds. The van der Waals surface area contributed by atoms with Gasteiger partial charge < -0.3 is 10.2 Å². The lowest BCUT2D eigenvalue weighted by Crippen LogP contribution is -2.26. The van der Waals surface area contributed by atoms with E-state index in [1.807, 2.05) is 13.8 Å². The summed E-state index contributed by atoms with van der Waals surface area (Å²) >= 11 is 4.94. The summed E-state index contributed by atoms with van der Waals surface area (Å²) in [4.78, 5) is 23.6. The van der Waals surface area contributed by atoms with Gasteiger partial charge in [-0.05, 0) is 73.0 Å². The summed E-state index contributed by atoms with van der Waals surface area (Å²) in [5.41, 5.74) is 1.58. The molecule has 0 aromatic heterocycles. The number of sulfonamides is 2. The molecule has 0 fully saturated rings. The summed E-state index contributed by atoms with van der Waals surface area (Å²) in [6.07, 6.45) is 2.62. The van der Waals surface area contributed by atoms with E-state index in [0.29, 0.717) is 23.4 Å². The fourth-order valence-electron chi connectivity index (χ4n) is 2.78. The number of hydrogen-bond acceptors (Lipinski definition) is 7. The molecule has 1 N–H and O–H groups in total. The number of halogens is 1. The highest BCUT2D eigenvalue weighted by atomic mass is 35.5. The van der Waals surface area contributed by atoms with Gasteiger partial charge in [-0.3, -0.25) is 9.59 Å². The van der Waals surface area contributed by atoms with Crippen LogP contribution in [0.15, 0.2) is 58.3 Å². The van der Waals surface area contributed by atoms with Gasteiger partial charge in [-0.15, -0.1) is 0 Å². The molecule has 240 valence electrons. The van der Waals surface area contributed by atoms with Gasteiger partial charge in [0.2, 0.25) is 31.2 Å². The van der Waals surface area contributed by atoms with Crippen LogP contribution in [0.2, 0.25) is 0 Å². The highest BCUT2D eigenvalue weighted by Crippen LogP contribution is 2.19. The Kier molecular flexibility index (Phi) is 21.4. The molecule has 0 atom stereocenters. The monoisotopic (exact) mass is 644 g/mol. The second kappa shape index (κ2) is 20.4. The van der Waals surface area contributed by atoms with Gasteiger partial charge in [-0.1, -0.05) is 28.7 Å². The van der Waals surface area contributed by atoms with Gasteiger partial charge in [0.1, 0.15) is 0 Å². The number of benzene rings is 2. The van der Waals surface area contributed by atoms with Crippen LogP contribution in [-0.4, -0.2) is 78.9 Å². The summed E-state index contributed by atoms with van der Waals surface area (Å²) in [6, 6.07) is 12.9. The fraction of sp³-hybridized carbons (Fsp3) is 0.500. The maximum absolute atomic E-state index is 11.9. The molecule has 0 aliphatic rings. The first-order valence-corrected chi connectivity index (χ1v) is 15.5. The highest BCUT2D eigenvalue weighted by Gasteiger charge is 2.18. The van der Waals surface area contributed by atoms with E-state index >= 15 is 0 Å². The molecule has 0 bridgehead atoms. The van der Waals surface area contributed by atoms with Crippen LogP contribution >= 0.6 is 11.6 Å². The molecule has 2 aromatic carbocycles. The van der Waals surface area contributed by atoms with Crippen molar-refractivity contribution < 1.29 is 29.3 Å². The first-order valence-electron chi connectivity index (χ1n) is 12.2. The van der Waals surface area contributed by atoms with Gasteiger partial charge in [0.05, 0.1) is 9.79 Å². The van der Waals surface area contributed by atoms with E-state index in [2.05, 4.69) is 5.32 Å². The summed E-state index contributed by atoms with van der Waals surface area (Å²) < 4.78 is 49.4. The van der Waals surface area contributed by atoms with Crippen molar-refractivity contribution in [1.82, 2.24) is 8.61 Å². The molecule has 0 unspecified atom stereocenters. The Morgan fingerprint density at radius 1 is 0.732 bits per heavy atom. The van der Waals surface area contributed by atoms with Gasteiger partial charge in [0.15, 0.2) is 0 Å². The predicted octanol–water partition coefficient (Wildman–Crippen LogP) is 5.99. The van der Waals surface area contributed by atoms with Crippen molar-refractivity contribution in [2.45, 2.75) is 64.2 Å². The van der Waals surface area contributed by atoms with E-state index < -0.39 is 20.0 Å². The molecule has 0 saturated carbocycles. The lowest BCUT2D eigenvalue weighted by atomic mass is 10.2. The quantitative estimate of drug-likeness (QED) is 0.315. The molecule has 0 radical (unpaired) electrons. The highest BCUT2D eigenvalue weighted by molar-refractivity contribution is 7.89. The summed E-state index contributed by atoms with van der Waals surface area (Å²) in [6.45, 7) is 3.86. The van der Waals surface area contributed by atoms with Crippen LogP contribution in [0.1, 0.15) is 57.2 Å². The molecular formula is C28H53ClN4O6S2. The minimum absolute atomic E-state index is 0. The molecule has 0 aliphatic carbocycles. The Labute approximate surface area is 256 Å². The smallest absolute Gasteiger partial charge is 0.242 e. The Morgan fingerprint density at radius 3 is 1.37 bits per heavy atom. The lowest BCUT2D eigenvalue weighted by molar-refractivity contribution is -0.118. The van der Waals surface area contributed by atoms with Crippen LogP contribution < -0.4 is 10.2 Å². The zero-order chi connectivity index (χ0) is 30.4. The zero-order valence-electron chi connectivity index (χ0n) is 23.9. The molecule has 0 heterocycles. The Hall–Kier alpha value is -2.51. The van der Waals surface area contributed by atoms with Crippen LogP contribution in [0.4, 0.5) is 11.4 Å². The third kappa shape index (κ3) is 14.3. The van der Waals surface area contributed by atoms with Crippen LogP contribution in [0.25, 0.3) is 0 Å². The SMILES string of the molecule is C.C.CCCC(=O)Cl.CCCC(=O)N(C)c1ccc(S(=O)(=O)N(C)C)cc1.CNc1ccc(S(=O)(=O)N(C)C)cc1.[3HH].[3HH]. The van der Waals surface area contributed by atoms with Crippen molar-refractivity contribution in [2.75, 3.05) is 52.5 Å². The average Bonchev–Trinajstić information content (AvgIpc) is 2.89.